The molecule has 0 N–H and O–H groups in total. The van der Waals surface area contributed by atoms with E-state index < -0.39 is 30.3 Å². The number of carbonyl (C=O) groups is 2. The molecular formula is C20H22F4N2O3. The zero-order valence-corrected chi connectivity index (χ0v) is 15.8. The third-order valence-electron chi connectivity index (χ3n) is 6.23. The fraction of sp³-hybridized carbons (Fsp3) is 0.600. The van der Waals surface area contributed by atoms with E-state index in [4.69, 9.17) is 0 Å². The van der Waals surface area contributed by atoms with Crippen molar-refractivity contribution in [2.24, 2.45) is 0 Å². The van der Waals surface area contributed by atoms with Crippen molar-refractivity contribution in [2.45, 2.75) is 56.2 Å². The van der Waals surface area contributed by atoms with E-state index >= 15 is 0 Å². The molecule has 0 radical (unpaired) electrons. The van der Waals surface area contributed by atoms with Crippen LogP contribution in [0.25, 0.3) is 0 Å². The molecule has 1 aliphatic carbocycles. The van der Waals surface area contributed by atoms with Crippen molar-refractivity contribution in [1.29, 1.82) is 0 Å². The van der Waals surface area contributed by atoms with Crippen molar-refractivity contribution in [1.82, 2.24) is 4.90 Å². The fourth-order valence-electron chi connectivity index (χ4n) is 5.03. The van der Waals surface area contributed by atoms with Gasteiger partial charge in [0.15, 0.2) is 6.61 Å². The Morgan fingerprint density at radius 3 is 2.59 bits per heavy atom. The molecule has 0 bridgehead atoms. The summed E-state index contributed by atoms with van der Waals surface area (Å²) >= 11 is 0. The molecule has 3 aliphatic rings. The number of carbonyl (C=O) groups excluding carboxylic acids is 2. The first-order valence-corrected chi connectivity index (χ1v) is 9.82. The zero-order chi connectivity index (χ0) is 20.8. The third kappa shape index (κ3) is 3.55. The van der Waals surface area contributed by atoms with Crippen LogP contribution >= 0.6 is 0 Å². The second-order valence-electron chi connectivity index (χ2n) is 8.07. The minimum atomic E-state index is -4.63. The summed E-state index contributed by atoms with van der Waals surface area (Å²) in [5, 5.41) is 0. The number of halogens is 4. The molecule has 2 heterocycles. The van der Waals surface area contributed by atoms with Crippen LogP contribution in [0, 0.1) is 5.82 Å². The van der Waals surface area contributed by atoms with Crippen LogP contribution in [0.1, 0.15) is 44.1 Å². The second kappa shape index (κ2) is 7.18. The number of likely N-dealkylation sites (tertiary alicyclic amines) is 1. The van der Waals surface area contributed by atoms with Crippen LogP contribution < -0.4 is 4.90 Å². The molecule has 1 saturated heterocycles. The van der Waals surface area contributed by atoms with Crippen LogP contribution in [0.4, 0.5) is 28.0 Å². The molecule has 2 amide bonds. The fourth-order valence-corrected chi connectivity index (χ4v) is 5.03. The highest BCUT2D eigenvalue weighted by atomic mass is 19.4. The Kier molecular flexibility index (Phi) is 4.94. The van der Waals surface area contributed by atoms with Gasteiger partial charge >= 0.3 is 12.3 Å². The van der Waals surface area contributed by atoms with Crippen LogP contribution in [-0.4, -0.2) is 48.8 Å². The van der Waals surface area contributed by atoms with Crippen LogP contribution in [0.3, 0.4) is 0 Å². The molecule has 1 atom stereocenters. The average Bonchev–Trinajstić information content (AvgIpc) is 3.39. The lowest BCUT2D eigenvalue weighted by atomic mass is 9.80. The Labute approximate surface area is 165 Å². The number of anilines is 1. The van der Waals surface area contributed by atoms with E-state index in [1.807, 2.05) is 0 Å². The van der Waals surface area contributed by atoms with E-state index in [0.717, 1.165) is 30.6 Å². The maximum absolute atomic E-state index is 14.7. The largest absolute Gasteiger partial charge is 0.440 e. The third-order valence-corrected chi connectivity index (χ3v) is 6.23. The SMILES string of the molecule is O=C([C@H]1CCCN1C(=O)OCC(F)(F)F)N1CC2(CCCC2)c2c(F)cccc21. The number of benzene rings is 1. The van der Waals surface area contributed by atoms with E-state index in [9.17, 15) is 27.2 Å². The smallest absolute Gasteiger partial charge is 0.422 e. The van der Waals surface area contributed by atoms with Gasteiger partial charge in [0.25, 0.3) is 0 Å². The van der Waals surface area contributed by atoms with Crippen molar-refractivity contribution in [3.8, 4) is 0 Å². The van der Waals surface area contributed by atoms with Crippen LogP contribution in [0.5, 0.6) is 0 Å². The van der Waals surface area contributed by atoms with Crippen molar-refractivity contribution in [3.63, 3.8) is 0 Å². The van der Waals surface area contributed by atoms with Gasteiger partial charge < -0.3 is 9.64 Å². The number of hydrogen-bond donors (Lipinski definition) is 0. The number of fused-ring (bicyclic) bond motifs is 2. The van der Waals surface area contributed by atoms with Gasteiger partial charge in [-0.05, 0) is 37.8 Å². The van der Waals surface area contributed by atoms with Gasteiger partial charge in [0.1, 0.15) is 11.9 Å². The monoisotopic (exact) mass is 414 g/mol. The van der Waals surface area contributed by atoms with Gasteiger partial charge in [-0.2, -0.15) is 13.2 Å². The standard InChI is InChI=1S/C20H22F4N2O3/c21-13-5-3-6-14-16(13)19(8-1-2-9-19)11-26(14)17(27)15-7-4-10-25(15)18(28)29-12-20(22,23)24/h3,5-6,15H,1-2,4,7-12H2/t15-/m1/s1. The highest BCUT2D eigenvalue weighted by molar-refractivity contribution is 6.01. The highest BCUT2D eigenvalue weighted by Crippen LogP contribution is 2.51. The van der Waals surface area contributed by atoms with E-state index in [1.165, 1.54) is 11.0 Å². The van der Waals surface area contributed by atoms with Gasteiger partial charge in [0, 0.05) is 24.1 Å². The van der Waals surface area contributed by atoms with Crippen molar-refractivity contribution >= 4 is 17.7 Å². The molecule has 2 aliphatic heterocycles. The first-order valence-electron chi connectivity index (χ1n) is 9.82. The van der Waals surface area contributed by atoms with Crippen LogP contribution in [-0.2, 0) is 14.9 Å². The first-order chi connectivity index (χ1) is 13.7. The first kappa shape index (κ1) is 20.0. The summed E-state index contributed by atoms with van der Waals surface area (Å²) in [4.78, 5) is 28.0. The lowest BCUT2D eigenvalue weighted by Crippen LogP contribution is -2.49. The van der Waals surface area contributed by atoms with Crippen molar-refractivity contribution in [2.75, 3.05) is 24.6 Å². The second-order valence-corrected chi connectivity index (χ2v) is 8.07. The lowest BCUT2D eigenvalue weighted by molar-refractivity contribution is -0.162. The van der Waals surface area contributed by atoms with Crippen molar-refractivity contribution in [3.05, 3.63) is 29.6 Å². The molecular weight excluding hydrogens is 392 g/mol. The number of hydrogen-bond acceptors (Lipinski definition) is 3. The molecule has 29 heavy (non-hydrogen) atoms. The molecule has 158 valence electrons. The van der Waals surface area contributed by atoms with E-state index in [0.29, 0.717) is 30.6 Å². The number of alkyl halides is 3. The molecule has 1 aromatic rings. The molecule has 1 saturated carbocycles. The Balaban J connectivity index is 1.57. The van der Waals surface area contributed by atoms with Gasteiger partial charge in [0.05, 0.1) is 5.69 Å². The number of nitrogens with zero attached hydrogens (tertiary/aromatic N) is 2. The van der Waals surface area contributed by atoms with E-state index in [2.05, 4.69) is 4.74 Å². The summed E-state index contributed by atoms with van der Waals surface area (Å²) in [6.07, 6.45) is -1.47. The minimum Gasteiger partial charge on any atom is -0.440 e. The Hall–Kier alpha value is -2.32. The molecule has 1 aromatic carbocycles. The molecule has 1 spiro atoms. The Bertz CT molecular complexity index is 820. The number of amides is 2. The maximum atomic E-state index is 14.7. The molecule has 4 rings (SSSR count). The van der Waals surface area contributed by atoms with E-state index in [1.54, 1.807) is 12.1 Å². The molecule has 2 fully saturated rings. The Morgan fingerprint density at radius 2 is 1.90 bits per heavy atom. The van der Waals surface area contributed by atoms with Gasteiger partial charge in [0.2, 0.25) is 5.91 Å². The summed E-state index contributed by atoms with van der Waals surface area (Å²) in [6, 6.07) is 3.74. The van der Waals surface area contributed by atoms with Gasteiger partial charge in [-0.15, -0.1) is 0 Å². The molecule has 0 unspecified atom stereocenters. The summed E-state index contributed by atoms with van der Waals surface area (Å²) < 4.78 is 56.1. The molecule has 9 heteroatoms. The quantitative estimate of drug-likeness (QED) is 0.684. The van der Waals surface area contributed by atoms with Gasteiger partial charge in [-0.1, -0.05) is 18.9 Å². The number of rotatable bonds is 2. The summed E-state index contributed by atoms with van der Waals surface area (Å²) in [6.45, 7) is -1.20. The van der Waals surface area contributed by atoms with Gasteiger partial charge in [-0.25, -0.2) is 9.18 Å². The Morgan fingerprint density at radius 1 is 1.17 bits per heavy atom. The van der Waals surface area contributed by atoms with Crippen LogP contribution in [0.2, 0.25) is 0 Å². The minimum absolute atomic E-state index is 0.155. The molecule has 5 nitrogen and oxygen atoms in total. The normalized spacial score (nSPS) is 23.0. The predicted octanol–water partition coefficient (Wildman–Crippen LogP) is 4.15. The predicted molar refractivity (Wildman–Crippen MR) is 96.0 cm³/mol. The van der Waals surface area contributed by atoms with Crippen molar-refractivity contribution < 1.29 is 31.9 Å². The van der Waals surface area contributed by atoms with E-state index in [-0.39, 0.29) is 18.3 Å². The number of ether oxygens (including phenoxy) is 1. The molecule has 0 aromatic heterocycles. The van der Waals surface area contributed by atoms with Crippen LogP contribution in [0.15, 0.2) is 18.2 Å². The highest BCUT2D eigenvalue weighted by Gasteiger charge is 2.50. The average molecular weight is 414 g/mol. The summed E-state index contributed by atoms with van der Waals surface area (Å²) in [5.74, 6) is -0.727. The summed E-state index contributed by atoms with van der Waals surface area (Å²) in [5.41, 5.74) is 0.638. The maximum Gasteiger partial charge on any atom is 0.422 e. The lowest BCUT2D eigenvalue weighted by Gasteiger charge is -2.29. The zero-order valence-electron chi connectivity index (χ0n) is 15.8. The summed E-state index contributed by atoms with van der Waals surface area (Å²) in [7, 11) is 0. The topological polar surface area (TPSA) is 49.9 Å². The van der Waals surface area contributed by atoms with Gasteiger partial charge in [-0.3, -0.25) is 9.69 Å².